The number of hydrogen-bond donors (Lipinski definition) is 1. The van der Waals surface area contributed by atoms with Crippen LogP contribution in [-0.2, 0) is 9.53 Å². The van der Waals surface area contributed by atoms with E-state index in [0.717, 1.165) is 12.1 Å². The van der Waals surface area contributed by atoms with Crippen molar-refractivity contribution in [2.45, 2.75) is 13.3 Å². The minimum Gasteiger partial charge on any atom is -0.493 e. The molecule has 0 saturated carbocycles. The van der Waals surface area contributed by atoms with Gasteiger partial charge < -0.3 is 24.4 Å². The molecule has 0 aliphatic carbocycles. The molecule has 32 heavy (non-hydrogen) atoms. The number of carbonyl (C=O) groups is 1. The summed E-state index contributed by atoms with van der Waals surface area (Å²) in [6, 6.07) is 12.6. The van der Waals surface area contributed by atoms with Crippen molar-refractivity contribution in [2.75, 3.05) is 50.2 Å². The quantitative estimate of drug-likeness (QED) is 0.465. The van der Waals surface area contributed by atoms with E-state index in [0.29, 0.717) is 60.7 Å². The Labute approximate surface area is 193 Å². The molecule has 1 N–H and O–H groups in total. The zero-order chi connectivity index (χ0) is 22.9. The number of halogens is 1. The molecule has 7 nitrogen and oxygen atoms in total. The Morgan fingerprint density at radius 1 is 1.25 bits per heavy atom. The number of nitrogens with zero attached hydrogens (tertiary/aromatic N) is 2. The van der Waals surface area contributed by atoms with Crippen LogP contribution in [0.4, 0.5) is 11.4 Å². The van der Waals surface area contributed by atoms with Crippen molar-refractivity contribution in [3.63, 3.8) is 0 Å². The fraction of sp³-hybridized carbons (Fsp3) is 0.333. The van der Waals surface area contributed by atoms with E-state index in [1.54, 1.807) is 37.4 Å². The summed E-state index contributed by atoms with van der Waals surface area (Å²) in [4.78, 5) is 15.0. The van der Waals surface area contributed by atoms with Crippen molar-refractivity contribution in [2.24, 2.45) is 0 Å². The Morgan fingerprint density at radius 3 is 2.72 bits per heavy atom. The highest BCUT2D eigenvalue weighted by molar-refractivity contribution is 6.31. The van der Waals surface area contributed by atoms with Gasteiger partial charge in [0.2, 0.25) is 0 Å². The summed E-state index contributed by atoms with van der Waals surface area (Å²) >= 11 is 6.17. The second-order valence-corrected chi connectivity index (χ2v) is 7.58. The number of carbonyl (C=O) groups excluding carboxylic acids is 1. The minimum atomic E-state index is -0.517. The molecule has 0 radical (unpaired) electrons. The lowest BCUT2D eigenvalue weighted by Gasteiger charge is -2.30. The molecule has 3 rings (SSSR count). The zero-order valence-electron chi connectivity index (χ0n) is 18.2. The maximum Gasteiger partial charge on any atom is 0.266 e. The van der Waals surface area contributed by atoms with E-state index in [1.807, 2.05) is 19.1 Å². The van der Waals surface area contributed by atoms with Gasteiger partial charge >= 0.3 is 0 Å². The van der Waals surface area contributed by atoms with Crippen LogP contribution >= 0.6 is 11.6 Å². The van der Waals surface area contributed by atoms with Gasteiger partial charge in [0.1, 0.15) is 11.6 Å². The summed E-state index contributed by atoms with van der Waals surface area (Å²) in [5, 5.41) is 13.0. The van der Waals surface area contributed by atoms with Crippen molar-refractivity contribution >= 4 is 35.0 Å². The number of rotatable bonds is 8. The molecule has 1 aliphatic rings. The third kappa shape index (κ3) is 5.94. The van der Waals surface area contributed by atoms with Gasteiger partial charge in [-0.3, -0.25) is 4.79 Å². The van der Waals surface area contributed by atoms with Gasteiger partial charge in [0.25, 0.3) is 5.91 Å². The van der Waals surface area contributed by atoms with E-state index in [-0.39, 0.29) is 5.57 Å². The van der Waals surface area contributed by atoms with Gasteiger partial charge in [-0.05, 0) is 48.4 Å². The molecular weight excluding hydrogens is 430 g/mol. The van der Waals surface area contributed by atoms with Crippen molar-refractivity contribution in [1.29, 1.82) is 5.26 Å². The van der Waals surface area contributed by atoms with E-state index in [1.165, 1.54) is 6.08 Å². The smallest absolute Gasteiger partial charge is 0.266 e. The van der Waals surface area contributed by atoms with Gasteiger partial charge in [-0.1, -0.05) is 24.6 Å². The highest BCUT2D eigenvalue weighted by Crippen LogP contribution is 2.31. The SMILES string of the molecule is CCCOc1cc(/C=C(\C#N)C(=O)Nc2cc(Cl)ccc2N2CCOCC2)ccc1OC. The van der Waals surface area contributed by atoms with Crippen molar-refractivity contribution < 1.29 is 19.0 Å². The van der Waals surface area contributed by atoms with Gasteiger partial charge in [-0.25, -0.2) is 0 Å². The predicted molar refractivity (Wildman–Crippen MR) is 125 cm³/mol. The minimum absolute atomic E-state index is 0.0375. The first-order valence-electron chi connectivity index (χ1n) is 10.4. The van der Waals surface area contributed by atoms with Crippen molar-refractivity contribution in [3.8, 4) is 17.6 Å². The second kappa shape index (κ2) is 11.4. The number of morpholine rings is 1. The van der Waals surface area contributed by atoms with E-state index < -0.39 is 5.91 Å². The highest BCUT2D eigenvalue weighted by atomic mass is 35.5. The van der Waals surface area contributed by atoms with E-state index in [9.17, 15) is 10.1 Å². The van der Waals surface area contributed by atoms with Crippen LogP contribution in [0, 0.1) is 11.3 Å². The highest BCUT2D eigenvalue weighted by Gasteiger charge is 2.18. The van der Waals surface area contributed by atoms with E-state index in [2.05, 4.69) is 10.2 Å². The molecule has 1 fully saturated rings. The first-order valence-corrected chi connectivity index (χ1v) is 10.8. The van der Waals surface area contributed by atoms with Gasteiger partial charge in [0.15, 0.2) is 11.5 Å². The van der Waals surface area contributed by atoms with Crippen LogP contribution in [0.15, 0.2) is 42.0 Å². The summed E-state index contributed by atoms with van der Waals surface area (Å²) < 4.78 is 16.5. The summed E-state index contributed by atoms with van der Waals surface area (Å²) in [6.07, 6.45) is 2.37. The Hall–Kier alpha value is -3.21. The van der Waals surface area contributed by atoms with Crippen molar-refractivity contribution in [3.05, 3.63) is 52.6 Å². The first-order chi connectivity index (χ1) is 15.5. The standard InChI is InChI=1S/C24H26ClN3O4/c1-3-10-32-23-14-17(4-7-22(23)30-2)13-18(16-26)24(29)27-20-15-19(25)5-6-21(20)28-8-11-31-12-9-28/h4-7,13-15H,3,8-12H2,1-2H3,(H,27,29)/b18-13+. The normalized spacial score (nSPS) is 13.9. The maximum absolute atomic E-state index is 12.9. The van der Waals surface area contributed by atoms with E-state index in [4.69, 9.17) is 25.8 Å². The molecule has 0 bridgehead atoms. The third-order valence-corrected chi connectivity index (χ3v) is 5.12. The zero-order valence-corrected chi connectivity index (χ0v) is 18.9. The number of amides is 1. The number of benzene rings is 2. The van der Waals surface area contributed by atoms with Crippen LogP contribution in [0.1, 0.15) is 18.9 Å². The first kappa shape index (κ1) is 23.5. The average Bonchev–Trinajstić information content (AvgIpc) is 2.81. The van der Waals surface area contributed by atoms with Gasteiger partial charge in [-0.2, -0.15) is 5.26 Å². The molecule has 0 aromatic heterocycles. The van der Waals surface area contributed by atoms with E-state index >= 15 is 0 Å². The number of nitriles is 1. The number of anilines is 2. The van der Waals surface area contributed by atoms with Gasteiger partial charge in [0, 0.05) is 18.1 Å². The van der Waals surface area contributed by atoms with Crippen LogP contribution in [0.2, 0.25) is 5.02 Å². The van der Waals surface area contributed by atoms with Crippen LogP contribution in [0.3, 0.4) is 0 Å². The molecule has 0 unspecified atom stereocenters. The lowest BCUT2D eigenvalue weighted by atomic mass is 10.1. The Bertz CT molecular complexity index is 1030. The molecule has 1 aliphatic heterocycles. The average molecular weight is 456 g/mol. The van der Waals surface area contributed by atoms with Crippen LogP contribution in [-0.4, -0.2) is 45.9 Å². The Balaban J connectivity index is 1.85. The molecule has 1 amide bonds. The fourth-order valence-corrected chi connectivity index (χ4v) is 3.47. The lowest BCUT2D eigenvalue weighted by Crippen LogP contribution is -2.36. The summed E-state index contributed by atoms with van der Waals surface area (Å²) in [6.45, 7) is 5.18. The molecule has 168 valence electrons. The molecule has 2 aromatic rings. The topological polar surface area (TPSA) is 83.8 Å². The maximum atomic E-state index is 12.9. The Kier molecular flexibility index (Phi) is 8.37. The molecule has 8 heteroatoms. The Morgan fingerprint density at radius 2 is 2.03 bits per heavy atom. The largest absolute Gasteiger partial charge is 0.493 e. The van der Waals surface area contributed by atoms with Crippen LogP contribution in [0.25, 0.3) is 6.08 Å². The molecule has 0 spiro atoms. The number of ether oxygens (including phenoxy) is 3. The van der Waals surface area contributed by atoms with Crippen LogP contribution in [0.5, 0.6) is 11.5 Å². The lowest BCUT2D eigenvalue weighted by molar-refractivity contribution is -0.112. The van der Waals surface area contributed by atoms with Gasteiger partial charge in [0.05, 0.1) is 38.3 Å². The predicted octanol–water partition coefficient (Wildman–Crippen LogP) is 4.52. The molecular formula is C24H26ClN3O4. The number of nitrogens with one attached hydrogen (secondary N) is 1. The van der Waals surface area contributed by atoms with Crippen molar-refractivity contribution in [1.82, 2.24) is 0 Å². The number of methoxy groups -OCH3 is 1. The summed E-state index contributed by atoms with van der Waals surface area (Å²) in [5.74, 6) is 0.633. The molecule has 0 atom stereocenters. The molecule has 1 heterocycles. The van der Waals surface area contributed by atoms with Crippen LogP contribution < -0.4 is 19.7 Å². The monoisotopic (exact) mass is 455 g/mol. The molecule has 1 saturated heterocycles. The van der Waals surface area contributed by atoms with Gasteiger partial charge in [-0.15, -0.1) is 0 Å². The number of hydrogen-bond acceptors (Lipinski definition) is 6. The second-order valence-electron chi connectivity index (χ2n) is 7.14. The molecule has 2 aromatic carbocycles. The summed E-state index contributed by atoms with van der Waals surface area (Å²) in [5.41, 5.74) is 2.00. The fourth-order valence-electron chi connectivity index (χ4n) is 3.30. The third-order valence-electron chi connectivity index (χ3n) is 4.88. The summed E-state index contributed by atoms with van der Waals surface area (Å²) in [7, 11) is 1.56.